The average molecular weight is 242 g/mol. The Morgan fingerprint density at radius 3 is 1.69 bits per heavy atom. The molecular formula is C12H22O3Si. The normalized spacial score (nSPS) is 26.3. The van der Waals surface area contributed by atoms with E-state index in [0.717, 1.165) is 0 Å². The lowest BCUT2D eigenvalue weighted by Crippen LogP contribution is -2.52. The van der Waals surface area contributed by atoms with Crippen LogP contribution in [0.2, 0.25) is 5.04 Å². The molecule has 4 heteroatoms. The van der Waals surface area contributed by atoms with Gasteiger partial charge in [-0.15, -0.1) is 0 Å². The highest BCUT2D eigenvalue weighted by atomic mass is 28.4. The van der Waals surface area contributed by atoms with E-state index in [9.17, 15) is 0 Å². The van der Waals surface area contributed by atoms with Crippen LogP contribution < -0.4 is 0 Å². The van der Waals surface area contributed by atoms with Gasteiger partial charge in [0.05, 0.1) is 5.04 Å². The summed E-state index contributed by atoms with van der Waals surface area (Å²) >= 11 is 0. The molecule has 1 atom stereocenters. The van der Waals surface area contributed by atoms with Gasteiger partial charge >= 0.3 is 8.80 Å². The van der Waals surface area contributed by atoms with Crippen LogP contribution in [0.25, 0.3) is 0 Å². The van der Waals surface area contributed by atoms with Crippen molar-refractivity contribution in [3.63, 3.8) is 0 Å². The molecule has 0 aromatic carbocycles. The van der Waals surface area contributed by atoms with Gasteiger partial charge in [0, 0.05) is 21.3 Å². The smallest absolute Gasteiger partial charge is 0.376 e. The second-order valence-corrected chi connectivity index (χ2v) is 7.82. The molecule has 92 valence electrons. The molecule has 3 nitrogen and oxygen atoms in total. The molecule has 0 aromatic heterocycles. The largest absolute Gasteiger partial charge is 0.514 e. The molecule has 0 fully saturated rings. The summed E-state index contributed by atoms with van der Waals surface area (Å²) in [7, 11) is 2.29. The summed E-state index contributed by atoms with van der Waals surface area (Å²) in [6.45, 7) is 8.50. The molecule has 1 unspecified atom stereocenters. The Labute approximate surface area is 99.5 Å². The van der Waals surface area contributed by atoms with Crippen molar-refractivity contribution in [2.24, 2.45) is 0 Å². The number of hydrogen-bond acceptors (Lipinski definition) is 3. The molecule has 0 aliphatic heterocycles. The monoisotopic (exact) mass is 242 g/mol. The minimum Gasteiger partial charge on any atom is -0.376 e. The maximum absolute atomic E-state index is 5.61. The third-order valence-electron chi connectivity index (χ3n) is 3.88. The van der Waals surface area contributed by atoms with Gasteiger partial charge in [-0.3, -0.25) is 0 Å². The van der Waals surface area contributed by atoms with Gasteiger partial charge < -0.3 is 13.3 Å². The van der Waals surface area contributed by atoms with E-state index < -0.39 is 8.80 Å². The van der Waals surface area contributed by atoms with Gasteiger partial charge in [-0.25, -0.2) is 0 Å². The summed E-state index contributed by atoms with van der Waals surface area (Å²) in [6.07, 6.45) is 2.21. The SMILES string of the molecule is CO[Si](OC)(OC)C1(C)C=C(C)C(C)=C1C. The lowest BCUT2D eigenvalue weighted by molar-refractivity contribution is 0.107. The van der Waals surface area contributed by atoms with E-state index in [2.05, 4.69) is 33.8 Å². The van der Waals surface area contributed by atoms with E-state index >= 15 is 0 Å². The second kappa shape index (κ2) is 4.45. The quantitative estimate of drug-likeness (QED) is 0.709. The Morgan fingerprint density at radius 2 is 1.44 bits per heavy atom. The van der Waals surface area contributed by atoms with Crippen molar-refractivity contribution in [3.05, 3.63) is 22.8 Å². The van der Waals surface area contributed by atoms with Crippen molar-refractivity contribution in [1.82, 2.24) is 0 Å². The van der Waals surface area contributed by atoms with Crippen LogP contribution in [-0.2, 0) is 13.3 Å². The fraction of sp³-hybridized carbons (Fsp3) is 0.667. The zero-order valence-electron chi connectivity index (χ0n) is 11.3. The van der Waals surface area contributed by atoms with Crippen molar-refractivity contribution in [1.29, 1.82) is 0 Å². The summed E-state index contributed by atoms with van der Waals surface area (Å²) < 4.78 is 16.8. The van der Waals surface area contributed by atoms with Crippen molar-refractivity contribution < 1.29 is 13.3 Å². The van der Waals surface area contributed by atoms with E-state index in [-0.39, 0.29) is 5.04 Å². The Kier molecular flexibility index (Phi) is 3.79. The molecule has 0 amide bonds. The van der Waals surface area contributed by atoms with Crippen LogP contribution in [0.4, 0.5) is 0 Å². The first kappa shape index (κ1) is 13.6. The topological polar surface area (TPSA) is 27.7 Å². The van der Waals surface area contributed by atoms with Crippen LogP contribution in [0.1, 0.15) is 27.7 Å². The van der Waals surface area contributed by atoms with E-state index in [4.69, 9.17) is 13.3 Å². The molecule has 0 spiro atoms. The van der Waals surface area contributed by atoms with E-state index in [0.29, 0.717) is 0 Å². The Hall–Kier alpha value is -0.423. The molecular weight excluding hydrogens is 220 g/mol. The third kappa shape index (κ3) is 1.61. The van der Waals surface area contributed by atoms with Gasteiger partial charge in [-0.2, -0.15) is 0 Å². The van der Waals surface area contributed by atoms with Crippen molar-refractivity contribution >= 4 is 8.80 Å². The number of rotatable bonds is 4. The minimum atomic E-state index is -2.69. The summed E-state index contributed by atoms with van der Waals surface area (Å²) in [5.74, 6) is 0. The minimum absolute atomic E-state index is 0.251. The first-order valence-electron chi connectivity index (χ1n) is 5.41. The van der Waals surface area contributed by atoms with Gasteiger partial charge in [0.1, 0.15) is 0 Å². The summed E-state index contributed by atoms with van der Waals surface area (Å²) in [6, 6.07) is 0. The van der Waals surface area contributed by atoms with E-state index in [1.807, 2.05) is 0 Å². The fourth-order valence-electron chi connectivity index (χ4n) is 2.54. The predicted molar refractivity (Wildman–Crippen MR) is 67.3 cm³/mol. The van der Waals surface area contributed by atoms with Crippen molar-refractivity contribution in [2.75, 3.05) is 21.3 Å². The van der Waals surface area contributed by atoms with E-state index in [1.54, 1.807) is 21.3 Å². The van der Waals surface area contributed by atoms with Crippen LogP contribution in [0.15, 0.2) is 22.8 Å². The highest BCUT2D eigenvalue weighted by molar-refractivity contribution is 6.66. The molecule has 0 radical (unpaired) electrons. The summed E-state index contributed by atoms with van der Waals surface area (Å²) in [5, 5.41) is -0.251. The number of hydrogen-bond donors (Lipinski definition) is 0. The average Bonchev–Trinajstić information content (AvgIpc) is 2.47. The second-order valence-electron chi connectivity index (χ2n) is 4.45. The van der Waals surface area contributed by atoms with Crippen LogP contribution in [-0.4, -0.2) is 30.1 Å². The first-order chi connectivity index (χ1) is 7.38. The van der Waals surface area contributed by atoms with Crippen molar-refractivity contribution in [2.45, 2.75) is 32.7 Å². The van der Waals surface area contributed by atoms with Crippen LogP contribution in [0.3, 0.4) is 0 Å². The molecule has 0 heterocycles. The highest BCUT2D eigenvalue weighted by Gasteiger charge is 2.58. The van der Waals surface area contributed by atoms with Gasteiger partial charge in [0.2, 0.25) is 0 Å². The standard InChI is InChI=1S/C12H22O3Si/c1-9-8-12(4,11(3)10(9)2)16(13-5,14-6)15-7/h8H,1-7H3. The highest BCUT2D eigenvalue weighted by Crippen LogP contribution is 2.53. The van der Waals surface area contributed by atoms with Gasteiger partial charge in [0.15, 0.2) is 0 Å². The van der Waals surface area contributed by atoms with Gasteiger partial charge in [-0.1, -0.05) is 17.2 Å². The van der Waals surface area contributed by atoms with Crippen molar-refractivity contribution in [3.8, 4) is 0 Å². The molecule has 0 saturated heterocycles. The summed E-state index contributed by atoms with van der Waals surface area (Å²) in [4.78, 5) is 0. The van der Waals surface area contributed by atoms with Crippen LogP contribution >= 0.6 is 0 Å². The molecule has 0 aromatic rings. The summed E-state index contributed by atoms with van der Waals surface area (Å²) in [5.41, 5.74) is 3.87. The molecule has 16 heavy (non-hydrogen) atoms. The Morgan fingerprint density at radius 1 is 1.00 bits per heavy atom. The molecule has 1 aliphatic rings. The molecule has 0 saturated carbocycles. The molecule has 0 N–H and O–H groups in total. The predicted octanol–water partition coefficient (Wildman–Crippen LogP) is 2.92. The lowest BCUT2D eigenvalue weighted by atomic mass is 10.0. The van der Waals surface area contributed by atoms with Gasteiger partial charge in [-0.05, 0) is 33.3 Å². The molecule has 1 aliphatic carbocycles. The maximum atomic E-state index is 5.61. The third-order valence-corrected chi connectivity index (χ3v) is 7.28. The zero-order valence-corrected chi connectivity index (χ0v) is 12.3. The Balaban J connectivity index is 3.32. The van der Waals surface area contributed by atoms with E-state index in [1.165, 1.54) is 16.7 Å². The lowest BCUT2D eigenvalue weighted by Gasteiger charge is -2.38. The number of allylic oxidation sites excluding steroid dienone is 4. The zero-order chi connectivity index (χ0) is 12.6. The molecule has 1 rings (SSSR count). The maximum Gasteiger partial charge on any atom is 0.514 e. The Bertz CT molecular complexity index is 334. The van der Waals surface area contributed by atoms with Crippen LogP contribution in [0, 0.1) is 0 Å². The van der Waals surface area contributed by atoms with Gasteiger partial charge in [0.25, 0.3) is 0 Å². The fourth-order valence-corrected chi connectivity index (χ4v) is 5.35. The van der Waals surface area contributed by atoms with Crippen LogP contribution in [0.5, 0.6) is 0 Å². The first-order valence-corrected chi connectivity index (χ1v) is 7.14. The molecule has 0 bridgehead atoms.